The molecule has 0 saturated heterocycles. The molecule has 1 rings (SSSR count). The lowest BCUT2D eigenvalue weighted by atomic mass is 10.2. The summed E-state index contributed by atoms with van der Waals surface area (Å²) in [7, 11) is 0. The van der Waals surface area contributed by atoms with E-state index in [4.69, 9.17) is 5.11 Å². The maximum absolute atomic E-state index is 11.5. The van der Waals surface area contributed by atoms with E-state index in [1.807, 2.05) is 17.5 Å². The Labute approximate surface area is 108 Å². The highest BCUT2D eigenvalue weighted by molar-refractivity contribution is 7.99. The molecular weight excluding hydrogens is 258 g/mol. The molecule has 17 heavy (non-hydrogen) atoms. The highest BCUT2D eigenvalue weighted by Gasteiger charge is 2.17. The summed E-state index contributed by atoms with van der Waals surface area (Å²) in [5.41, 5.74) is 0. The van der Waals surface area contributed by atoms with Crippen molar-refractivity contribution in [1.82, 2.24) is 5.32 Å². The van der Waals surface area contributed by atoms with Gasteiger partial charge in [-0.1, -0.05) is 13.0 Å². The molecule has 0 spiro atoms. The number of hydrogen-bond donors (Lipinski definition) is 2. The standard InChI is InChI=1S/C11H15NO3S2/c1-2-9(11(14)15)12-10(13)7-16-6-8-4-3-5-17-8/h3-5,9H,2,6-7H2,1H3,(H,12,13)(H,14,15)/t9-/m0/s1. The Morgan fingerprint density at radius 3 is 2.88 bits per heavy atom. The van der Waals surface area contributed by atoms with Gasteiger partial charge in [0.05, 0.1) is 5.75 Å². The normalized spacial score (nSPS) is 12.1. The van der Waals surface area contributed by atoms with E-state index in [0.29, 0.717) is 12.2 Å². The molecule has 0 aliphatic rings. The molecule has 0 aliphatic carbocycles. The Kier molecular flexibility index (Phi) is 6.07. The molecule has 0 unspecified atom stereocenters. The van der Waals surface area contributed by atoms with Crippen LogP contribution in [-0.4, -0.2) is 28.8 Å². The molecule has 0 saturated carbocycles. The zero-order chi connectivity index (χ0) is 12.7. The highest BCUT2D eigenvalue weighted by Crippen LogP contribution is 2.16. The van der Waals surface area contributed by atoms with Crippen molar-refractivity contribution in [2.24, 2.45) is 0 Å². The number of thiophene rings is 1. The van der Waals surface area contributed by atoms with Crippen molar-refractivity contribution in [3.05, 3.63) is 22.4 Å². The monoisotopic (exact) mass is 273 g/mol. The number of hydrogen-bond acceptors (Lipinski definition) is 4. The first-order valence-corrected chi connectivity index (χ1v) is 7.29. The van der Waals surface area contributed by atoms with Crippen LogP contribution in [0.2, 0.25) is 0 Å². The second-order valence-electron chi connectivity index (χ2n) is 3.44. The summed E-state index contributed by atoms with van der Waals surface area (Å²) < 4.78 is 0. The number of carboxylic acids is 1. The molecule has 1 heterocycles. The van der Waals surface area contributed by atoms with Gasteiger partial charge in [0, 0.05) is 10.6 Å². The summed E-state index contributed by atoms with van der Waals surface area (Å²) in [6, 6.07) is 3.21. The molecule has 0 bridgehead atoms. The average Bonchev–Trinajstić information content (AvgIpc) is 2.78. The predicted octanol–water partition coefficient (Wildman–Crippen LogP) is 1.96. The van der Waals surface area contributed by atoms with E-state index in [-0.39, 0.29) is 5.91 Å². The van der Waals surface area contributed by atoms with Gasteiger partial charge in [0.15, 0.2) is 0 Å². The van der Waals surface area contributed by atoms with Crippen LogP contribution in [0.3, 0.4) is 0 Å². The van der Waals surface area contributed by atoms with Crippen LogP contribution in [-0.2, 0) is 15.3 Å². The summed E-state index contributed by atoms with van der Waals surface area (Å²) in [6.45, 7) is 1.73. The van der Waals surface area contributed by atoms with Gasteiger partial charge in [-0.2, -0.15) is 0 Å². The fourth-order valence-electron chi connectivity index (χ4n) is 1.21. The maximum Gasteiger partial charge on any atom is 0.326 e. The molecule has 2 N–H and O–H groups in total. The fraction of sp³-hybridized carbons (Fsp3) is 0.455. The molecule has 0 aromatic carbocycles. The number of thioether (sulfide) groups is 1. The zero-order valence-electron chi connectivity index (χ0n) is 9.51. The summed E-state index contributed by atoms with van der Waals surface area (Å²) in [5.74, 6) is -0.124. The number of carbonyl (C=O) groups excluding carboxylic acids is 1. The first-order valence-electron chi connectivity index (χ1n) is 5.25. The number of amides is 1. The van der Waals surface area contributed by atoms with Gasteiger partial charge in [-0.05, 0) is 17.9 Å². The first kappa shape index (κ1) is 14.1. The molecule has 0 radical (unpaired) electrons. The zero-order valence-corrected chi connectivity index (χ0v) is 11.1. The van der Waals surface area contributed by atoms with E-state index in [1.165, 1.54) is 16.6 Å². The van der Waals surface area contributed by atoms with Gasteiger partial charge in [0.25, 0.3) is 0 Å². The SMILES string of the molecule is CC[C@H](NC(=O)CSCc1cccs1)C(=O)O. The van der Waals surface area contributed by atoms with Crippen molar-refractivity contribution in [3.63, 3.8) is 0 Å². The smallest absolute Gasteiger partial charge is 0.326 e. The number of rotatable bonds is 7. The minimum Gasteiger partial charge on any atom is -0.480 e. The summed E-state index contributed by atoms with van der Waals surface area (Å²) in [6.07, 6.45) is 0.399. The van der Waals surface area contributed by atoms with Gasteiger partial charge in [-0.15, -0.1) is 23.1 Å². The minimum atomic E-state index is -0.982. The van der Waals surface area contributed by atoms with Crippen LogP contribution in [0.5, 0.6) is 0 Å². The third kappa shape index (κ3) is 5.23. The van der Waals surface area contributed by atoms with Crippen molar-refractivity contribution >= 4 is 35.0 Å². The second-order valence-corrected chi connectivity index (χ2v) is 5.46. The maximum atomic E-state index is 11.5. The van der Waals surface area contributed by atoms with Crippen LogP contribution in [0.4, 0.5) is 0 Å². The summed E-state index contributed by atoms with van der Waals surface area (Å²) >= 11 is 3.14. The van der Waals surface area contributed by atoms with E-state index < -0.39 is 12.0 Å². The Morgan fingerprint density at radius 1 is 1.59 bits per heavy atom. The van der Waals surface area contributed by atoms with Crippen molar-refractivity contribution in [3.8, 4) is 0 Å². The number of nitrogens with one attached hydrogen (secondary N) is 1. The fourth-order valence-corrected chi connectivity index (χ4v) is 2.89. The lowest BCUT2D eigenvalue weighted by molar-refractivity contribution is -0.141. The van der Waals surface area contributed by atoms with E-state index in [0.717, 1.165) is 5.75 Å². The molecule has 94 valence electrons. The Bertz CT molecular complexity index is 365. The van der Waals surface area contributed by atoms with Crippen LogP contribution in [0.1, 0.15) is 18.2 Å². The predicted molar refractivity (Wildman–Crippen MR) is 70.3 cm³/mol. The van der Waals surface area contributed by atoms with Gasteiger partial charge in [0.2, 0.25) is 5.91 Å². The topological polar surface area (TPSA) is 66.4 Å². The van der Waals surface area contributed by atoms with E-state index in [2.05, 4.69) is 5.32 Å². The van der Waals surface area contributed by atoms with E-state index >= 15 is 0 Å². The molecule has 1 amide bonds. The minimum absolute atomic E-state index is 0.221. The molecule has 1 aromatic heterocycles. The largest absolute Gasteiger partial charge is 0.480 e. The van der Waals surface area contributed by atoms with Crippen molar-refractivity contribution < 1.29 is 14.7 Å². The third-order valence-electron chi connectivity index (χ3n) is 2.10. The summed E-state index contributed by atoms with van der Waals surface area (Å²) in [4.78, 5) is 23.4. The van der Waals surface area contributed by atoms with Crippen LogP contribution >= 0.6 is 23.1 Å². The van der Waals surface area contributed by atoms with Gasteiger partial charge >= 0.3 is 5.97 Å². The molecule has 1 aromatic rings. The van der Waals surface area contributed by atoms with Crippen molar-refractivity contribution in [2.45, 2.75) is 25.1 Å². The van der Waals surface area contributed by atoms with Crippen LogP contribution in [0.25, 0.3) is 0 Å². The molecule has 0 fully saturated rings. The number of aliphatic carboxylic acids is 1. The Hall–Kier alpha value is -1.01. The van der Waals surface area contributed by atoms with Crippen LogP contribution in [0, 0.1) is 0 Å². The van der Waals surface area contributed by atoms with Gasteiger partial charge < -0.3 is 10.4 Å². The van der Waals surface area contributed by atoms with Gasteiger partial charge in [-0.3, -0.25) is 4.79 Å². The lowest BCUT2D eigenvalue weighted by Crippen LogP contribution is -2.41. The molecule has 0 aliphatic heterocycles. The average molecular weight is 273 g/mol. The van der Waals surface area contributed by atoms with E-state index in [9.17, 15) is 9.59 Å². The quantitative estimate of drug-likeness (QED) is 0.797. The Morgan fingerprint density at radius 2 is 2.35 bits per heavy atom. The lowest BCUT2D eigenvalue weighted by Gasteiger charge is -2.11. The summed E-state index contributed by atoms with van der Waals surface area (Å²) in [5, 5.41) is 13.3. The second kappa shape index (κ2) is 7.34. The van der Waals surface area contributed by atoms with Crippen molar-refractivity contribution in [1.29, 1.82) is 0 Å². The van der Waals surface area contributed by atoms with Gasteiger partial charge in [0.1, 0.15) is 6.04 Å². The highest BCUT2D eigenvalue weighted by atomic mass is 32.2. The molecule has 4 nitrogen and oxygen atoms in total. The van der Waals surface area contributed by atoms with Crippen LogP contribution in [0.15, 0.2) is 17.5 Å². The third-order valence-corrected chi connectivity index (χ3v) is 4.14. The van der Waals surface area contributed by atoms with Crippen molar-refractivity contribution in [2.75, 3.05) is 5.75 Å². The van der Waals surface area contributed by atoms with Crippen LogP contribution < -0.4 is 5.32 Å². The molecule has 6 heteroatoms. The Balaban J connectivity index is 2.23. The number of carboxylic acid groups (broad SMARTS) is 1. The molecular formula is C11H15NO3S2. The molecule has 1 atom stereocenters. The first-order chi connectivity index (χ1) is 8.13. The number of carbonyl (C=O) groups is 2. The van der Waals surface area contributed by atoms with Gasteiger partial charge in [-0.25, -0.2) is 4.79 Å². The van der Waals surface area contributed by atoms with E-state index in [1.54, 1.807) is 18.3 Å².